The summed E-state index contributed by atoms with van der Waals surface area (Å²) in [6.45, 7) is 7.98. The molecule has 0 radical (unpaired) electrons. The number of nitrogens with one attached hydrogen (secondary N) is 2. The van der Waals surface area contributed by atoms with Crippen molar-refractivity contribution in [3.63, 3.8) is 0 Å². The lowest BCUT2D eigenvalue weighted by Gasteiger charge is -2.33. The van der Waals surface area contributed by atoms with Crippen LogP contribution in [0.25, 0.3) is 11.1 Å². The Bertz CT molecular complexity index is 1320. The molecule has 3 aromatic carbocycles. The summed E-state index contributed by atoms with van der Waals surface area (Å²) in [5.41, 5.74) is 4.95. The molecule has 3 aromatic rings. The predicted octanol–water partition coefficient (Wildman–Crippen LogP) is 6.11. The molecule has 42 heavy (non-hydrogen) atoms. The van der Waals surface area contributed by atoms with Crippen LogP contribution in [0.5, 0.6) is 0 Å². The molecule has 0 aliphatic carbocycles. The van der Waals surface area contributed by atoms with Crippen LogP contribution in [0.15, 0.2) is 78.9 Å². The van der Waals surface area contributed by atoms with E-state index in [1.807, 2.05) is 63.2 Å². The third kappa shape index (κ3) is 9.55. The van der Waals surface area contributed by atoms with Gasteiger partial charge >= 0.3 is 5.97 Å². The minimum Gasteiger partial charge on any atom is -0.481 e. The highest BCUT2D eigenvalue weighted by Gasteiger charge is 2.36. The highest BCUT2D eigenvalue weighted by Crippen LogP contribution is 2.25. The van der Waals surface area contributed by atoms with E-state index in [0.29, 0.717) is 12.8 Å². The van der Waals surface area contributed by atoms with Crippen molar-refractivity contribution in [2.24, 2.45) is 11.3 Å². The first-order chi connectivity index (χ1) is 20.0. The highest BCUT2D eigenvalue weighted by molar-refractivity contribution is 5.90. The van der Waals surface area contributed by atoms with Crippen LogP contribution in [0.1, 0.15) is 62.8 Å². The van der Waals surface area contributed by atoms with Gasteiger partial charge in [0.15, 0.2) is 0 Å². The van der Waals surface area contributed by atoms with E-state index >= 15 is 0 Å². The number of aliphatic carboxylic acids is 1. The summed E-state index contributed by atoms with van der Waals surface area (Å²) in [6, 6.07) is 24.8. The van der Waals surface area contributed by atoms with Crippen molar-refractivity contribution in [2.75, 3.05) is 13.7 Å². The molecule has 224 valence electrons. The second-order valence-corrected chi connectivity index (χ2v) is 11.9. The average Bonchev–Trinajstić information content (AvgIpc) is 2.95. The molecule has 2 amide bonds. The van der Waals surface area contributed by atoms with Gasteiger partial charge in [-0.2, -0.15) is 0 Å². The van der Waals surface area contributed by atoms with E-state index in [0.717, 1.165) is 23.1 Å². The summed E-state index contributed by atoms with van der Waals surface area (Å²) in [7, 11) is 1.57. The molecule has 3 N–H and O–H groups in total. The van der Waals surface area contributed by atoms with E-state index in [1.54, 1.807) is 7.11 Å². The average molecular weight is 573 g/mol. The van der Waals surface area contributed by atoms with Crippen LogP contribution < -0.4 is 10.6 Å². The Morgan fingerprint density at radius 2 is 1.50 bits per heavy atom. The molecule has 3 rings (SSSR count). The third-order valence-corrected chi connectivity index (χ3v) is 7.49. The number of amides is 2. The number of methoxy groups -OCH3 is 1. The van der Waals surface area contributed by atoms with Gasteiger partial charge in [-0.15, -0.1) is 0 Å². The zero-order chi connectivity index (χ0) is 30.7. The number of carbonyl (C=O) groups excluding carboxylic acids is 2. The molecule has 0 aromatic heterocycles. The number of carboxylic acid groups (broad SMARTS) is 1. The van der Waals surface area contributed by atoms with Crippen molar-refractivity contribution in [2.45, 2.75) is 65.5 Å². The van der Waals surface area contributed by atoms with E-state index in [2.05, 4.69) is 54.0 Å². The SMILES string of the molecule is COCC(NC(=O)[C@@H](NC(=O)[C@H](CCCc1ccc(-c2ccccc2C)cc1)CC(=O)O)C(C)(C)C)c1ccccc1. The van der Waals surface area contributed by atoms with Crippen molar-refractivity contribution in [3.8, 4) is 11.1 Å². The summed E-state index contributed by atoms with van der Waals surface area (Å²) in [5, 5.41) is 15.4. The molecule has 0 heterocycles. The van der Waals surface area contributed by atoms with E-state index in [-0.39, 0.29) is 18.9 Å². The topological polar surface area (TPSA) is 105 Å². The molecule has 0 aliphatic rings. The fourth-order valence-corrected chi connectivity index (χ4v) is 5.10. The van der Waals surface area contributed by atoms with Gasteiger partial charge in [0.05, 0.1) is 19.1 Å². The standard InChI is InChI=1S/C35H44N2O5/c1-24-12-9-10-17-29(24)26-20-18-25(19-21-26)13-11-16-28(22-31(38)39)33(40)37-32(35(2,3)4)34(41)36-30(23-42-5)27-14-7-6-8-15-27/h6-10,12,14-15,17-21,28,30,32H,11,13,16,22-23H2,1-5H3,(H,36,41)(H,37,40)(H,38,39)/t28-,30?,32-/m1/s1. The minimum absolute atomic E-state index is 0.272. The maximum atomic E-state index is 13.5. The van der Waals surface area contributed by atoms with Crippen molar-refractivity contribution >= 4 is 17.8 Å². The number of hydrogen-bond donors (Lipinski definition) is 3. The quantitative estimate of drug-likeness (QED) is 0.216. The molecule has 7 heteroatoms. The first kappa shape index (κ1) is 32.5. The van der Waals surface area contributed by atoms with Crippen molar-refractivity contribution in [1.82, 2.24) is 10.6 Å². The van der Waals surface area contributed by atoms with Gasteiger partial charge in [0.25, 0.3) is 0 Å². The maximum Gasteiger partial charge on any atom is 0.304 e. The summed E-state index contributed by atoms with van der Waals surface area (Å²) in [6.07, 6.45) is 1.46. The van der Waals surface area contributed by atoms with Crippen molar-refractivity contribution in [1.29, 1.82) is 0 Å². The minimum atomic E-state index is -1.04. The fourth-order valence-electron chi connectivity index (χ4n) is 5.10. The van der Waals surface area contributed by atoms with Crippen LogP contribution in [0.2, 0.25) is 0 Å². The lowest BCUT2D eigenvalue weighted by molar-refractivity contribution is -0.142. The van der Waals surface area contributed by atoms with Crippen LogP contribution in [-0.2, 0) is 25.5 Å². The fraction of sp³-hybridized carbons (Fsp3) is 0.400. The molecule has 0 spiro atoms. The maximum absolute atomic E-state index is 13.5. The molecule has 0 saturated carbocycles. The first-order valence-electron chi connectivity index (χ1n) is 14.5. The van der Waals surface area contributed by atoms with Gasteiger partial charge in [0.1, 0.15) is 6.04 Å². The van der Waals surface area contributed by atoms with E-state index in [9.17, 15) is 19.5 Å². The molecule has 7 nitrogen and oxygen atoms in total. The number of aryl methyl sites for hydroxylation is 2. The molecule has 0 fully saturated rings. The largest absolute Gasteiger partial charge is 0.481 e. The number of ether oxygens (including phenoxy) is 1. The normalized spacial score (nSPS) is 13.5. The summed E-state index contributed by atoms with van der Waals surface area (Å²) < 4.78 is 5.34. The third-order valence-electron chi connectivity index (χ3n) is 7.49. The second kappa shape index (κ2) is 15.3. The Morgan fingerprint density at radius 3 is 2.10 bits per heavy atom. The van der Waals surface area contributed by atoms with Gasteiger partial charge in [-0.05, 0) is 59.4 Å². The molecule has 0 saturated heterocycles. The van der Waals surface area contributed by atoms with Crippen LogP contribution in [0, 0.1) is 18.3 Å². The lowest BCUT2D eigenvalue weighted by atomic mass is 9.85. The number of carbonyl (C=O) groups is 3. The molecule has 0 aliphatic heterocycles. The second-order valence-electron chi connectivity index (χ2n) is 11.9. The monoisotopic (exact) mass is 572 g/mol. The van der Waals surface area contributed by atoms with Gasteiger partial charge in [-0.1, -0.05) is 99.6 Å². The Balaban J connectivity index is 1.66. The summed E-state index contributed by atoms with van der Waals surface area (Å²) >= 11 is 0. The summed E-state index contributed by atoms with van der Waals surface area (Å²) in [4.78, 5) is 38.6. The highest BCUT2D eigenvalue weighted by atomic mass is 16.5. The molecular weight excluding hydrogens is 528 g/mol. The van der Waals surface area contributed by atoms with Crippen LogP contribution in [0.4, 0.5) is 0 Å². The zero-order valence-corrected chi connectivity index (χ0v) is 25.4. The number of rotatable bonds is 14. The van der Waals surface area contributed by atoms with Gasteiger partial charge in [-0.25, -0.2) is 0 Å². The van der Waals surface area contributed by atoms with Gasteiger partial charge < -0.3 is 20.5 Å². The van der Waals surface area contributed by atoms with Crippen molar-refractivity contribution < 1.29 is 24.2 Å². The van der Waals surface area contributed by atoms with Gasteiger partial charge in [0, 0.05) is 13.0 Å². The smallest absolute Gasteiger partial charge is 0.304 e. The molecule has 0 bridgehead atoms. The Morgan fingerprint density at radius 1 is 0.857 bits per heavy atom. The number of hydrogen-bond acceptors (Lipinski definition) is 4. The zero-order valence-electron chi connectivity index (χ0n) is 25.4. The molecule has 3 atom stereocenters. The Labute approximate surface area is 249 Å². The lowest BCUT2D eigenvalue weighted by Crippen LogP contribution is -2.55. The number of carboxylic acids is 1. The number of benzene rings is 3. The Hall–Kier alpha value is -3.97. The van der Waals surface area contributed by atoms with Crippen molar-refractivity contribution in [3.05, 3.63) is 95.6 Å². The predicted molar refractivity (Wildman–Crippen MR) is 166 cm³/mol. The Kier molecular flexibility index (Phi) is 11.9. The van der Waals surface area contributed by atoms with E-state index < -0.39 is 35.3 Å². The van der Waals surface area contributed by atoms with Gasteiger partial charge in [-0.3, -0.25) is 14.4 Å². The van der Waals surface area contributed by atoms with Crippen LogP contribution in [0.3, 0.4) is 0 Å². The van der Waals surface area contributed by atoms with E-state index in [1.165, 1.54) is 11.1 Å². The summed E-state index contributed by atoms with van der Waals surface area (Å²) in [5.74, 6) is -2.57. The van der Waals surface area contributed by atoms with Gasteiger partial charge in [0.2, 0.25) is 11.8 Å². The first-order valence-corrected chi connectivity index (χ1v) is 14.5. The van der Waals surface area contributed by atoms with Crippen LogP contribution in [-0.4, -0.2) is 42.6 Å². The van der Waals surface area contributed by atoms with Crippen LogP contribution >= 0.6 is 0 Å². The molecular formula is C35H44N2O5. The molecule has 1 unspecified atom stereocenters. The van der Waals surface area contributed by atoms with E-state index in [4.69, 9.17) is 4.74 Å².